The van der Waals surface area contributed by atoms with Crippen molar-refractivity contribution in [3.8, 4) is 0 Å². The summed E-state index contributed by atoms with van der Waals surface area (Å²) < 4.78 is 44.6. The first kappa shape index (κ1) is 42.2. The molecule has 6 aliphatic rings. The SMILES string of the molecule is C=CC(=O)OCC(=O)OC1C(C)CC2CC1OC2=O.C=CC(=O)OCC(=O)OC1CCC2CC1OC2=O.C=CC(=O)OCC(=O)OC1CCC2CC1OC2=O. The highest BCUT2D eigenvalue weighted by atomic mass is 16.6. The Kier molecular flexibility index (Phi) is 15.1. The molecule has 18 heteroatoms. The van der Waals surface area contributed by atoms with Gasteiger partial charge in [0.1, 0.15) is 36.6 Å². The largest absolute Gasteiger partial charge is 0.458 e. The first-order valence-corrected chi connectivity index (χ1v) is 17.8. The maximum Gasteiger partial charge on any atom is 0.344 e. The summed E-state index contributed by atoms with van der Waals surface area (Å²) in [6.07, 6.45) is 5.49. The molecule has 0 amide bonds. The molecule has 3 saturated carbocycles. The second-order valence-corrected chi connectivity index (χ2v) is 13.5. The second kappa shape index (κ2) is 19.7. The summed E-state index contributed by atoms with van der Waals surface area (Å²) in [7, 11) is 0. The third-order valence-corrected chi connectivity index (χ3v) is 9.70. The van der Waals surface area contributed by atoms with Gasteiger partial charge in [-0.1, -0.05) is 26.7 Å². The number of carbonyl (C=O) groups is 9. The van der Waals surface area contributed by atoms with Gasteiger partial charge in [0.2, 0.25) is 0 Å². The maximum atomic E-state index is 11.6. The molecule has 3 aliphatic heterocycles. The summed E-state index contributed by atoms with van der Waals surface area (Å²) in [5.74, 6) is -4.73. The van der Waals surface area contributed by atoms with Crippen molar-refractivity contribution in [2.45, 2.75) is 94.9 Å². The van der Waals surface area contributed by atoms with Crippen LogP contribution in [0.25, 0.3) is 0 Å². The number of esters is 9. The summed E-state index contributed by atoms with van der Waals surface area (Å²) in [5.41, 5.74) is 0. The first-order valence-electron chi connectivity index (χ1n) is 17.8. The number of hydrogen-bond acceptors (Lipinski definition) is 18. The lowest BCUT2D eigenvalue weighted by Crippen LogP contribution is -2.40. The average Bonchev–Trinajstić information content (AvgIpc) is 3.77. The number of ether oxygens (including phenoxy) is 9. The fraction of sp³-hybridized carbons (Fsp3) is 0.595. The maximum absolute atomic E-state index is 11.6. The molecule has 55 heavy (non-hydrogen) atoms. The van der Waals surface area contributed by atoms with Crippen molar-refractivity contribution in [3.63, 3.8) is 0 Å². The molecule has 10 atom stereocenters. The van der Waals surface area contributed by atoms with Gasteiger partial charge in [0.05, 0.1) is 17.8 Å². The number of fused-ring (bicyclic) bond motifs is 6. The molecule has 18 nitrogen and oxygen atoms in total. The van der Waals surface area contributed by atoms with E-state index in [0.717, 1.165) is 18.2 Å². The highest BCUT2D eigenvalue weighted by Gasteiger charge is 2.49. The Bertz CT molecular complexity index is 1480. The van der Waals surface area contributed by atoms with Gasteiger partial charge in [-0.3, -0.25) is 14.4 Å². The molecule has 0 radical (unpaired) electrons. The van der Waals surface area contributed by atoms with Gasteiger partial charge in [0.25, 0.3) is 0 Å². The van der Waals surface area contributed by atoms with Gasteiger partial charge in [0, 0.05) is 37.5 Å². The van der Waals surface area contributed by atoms with Gasteiger partial charge >= 0.3 is 53.7 Å². The number of rotatable bonds is 12. The van der Waals surface area contributed by atoms with Crippen LogP contribution in [-0.4, -0.2) is 110 Å². The molecule has 0 aromatic rings. The molecule has 3 heterocycles. The van der Waals surface area contributed by atoms with Gasteiger partial charge in [0.15, 0.2) is 19.8 Å². The van der Waals surface area contributed by atoms with Gasteiger partial charge in [-0.2, -0.15) is 0 Å². The molecule has 0 N–H and O–H groups in total. The molecular formula is C37H44O18. The summed E-state index contributed by atoms with van der Waals surface area (Å²) in [4.78, 5) is 101. The van der Waals surface area contributed by atoms with Crippen LogP contribution in [0.1, 0.15) is 58.3 Å². The number of carbonyl (C=O) groups excluding carboxylic acids is 9. The highest BCUT2D eigenvalue weighted by Crippen LogP contribution is 2.40. The van der Waals surface area contributed by atoms with Crippen LogP contribution in [0.2, 0.25) is 0 Å². The van der Waals surface area contributed by atoms with Crippen molar-refractivity contribution in [2.75, 3.05) is 19.8 Å². The third kappa shape index (κ3) is 12.0. The van der Waals surface area contributed by atoms with Crippen LogP contribution in [0, 0.1) is 23.7 Å². The van der Waals surface area contributed by atoms with Gasteiger partial charge < -0.3 is 42.6 Å². The van der Waals surface area contributed by atoms with E-state index < -0.39 is 73.9 Å². The van der Waals surface area contributed by atoms with Crippen molar-refractivity contribution < 1.29 is 85.8 Å². The Morgan fingerprint density at radius 2 is 0.909 bits per heavy atom. The van der Waals surface area contributed by atoms with Gasteiger partial charge in [-0.05, 0) is 38.0 Å². The second-order valence-electron chi connectivity index (χ2n) is 13.5. The summed E-state index contributed by atoms with van der Waals surface area (Å²) >= 11 is 0. The standard InChI is InChI=1S/C13H16O6.2C12H14O6/c1-3-10(14)17-6-11(15)19-12-7(2)4-8-5-9(12)18-13(8)16;2*1-2-10(13)16-6-11(14)17-8-4-3-7-5-9(8)18-12(7)15/h3,7-9,12H,1,4-6H2,2H3;2*2,7-9H,1,3-6H2. The average molecular weight is 777 g/mol. The molecule has 6 rings (SSSR count). The van der Waals surface area contributed by atoms with Crippen LogP contribution < -0.4 is 0 Å². The lowest BCUT2D eigenvalue weighted by molar-refractivity contribution is -0.170. The Labute approximate surface area is 315 Å². The van der Waals surface area contributed by atoms with E-state index in [1.807, 2.05) is 6.92 Å². The quantitative estimate of drug-likeness (QED) is 0.154. The van der Waals surface area contributed by atoms with Crippen LogP contribution in [0.15, 0.2) is 38.0 Å². The molecule has 6 bridgehead atoms. The molecule has 0 aromatic carbocycles. The minimum atomic E-state index is -0.680. The van der Waals surface area contributed by atoms with Gasteiger partial charge in [-0.25, -0.2) is 28.8 Å². The molecular weight excluding hydrogens is 732 g/mol. The Morgan fingerprint density at radius 3 is 1.33 bits per heavy atom. The van der Waals surface area contributed by atoms with E-state index in [2.05, 4.69) is 33.9 Å². The third-order valence-electron chi connectivity index (χ3n) is 9.70. The molecule has 10 unspecified atom stereocenters. The molecule has 6 fully saturated rings. The van der Waals surface area contributed by atoms with Crippen molar-refractivity contribution in [1.82, 2.24) is 0 Å². The summed E-state index contributed by atoms with van der Waals surface area (Å²) in [5, 5.41) is 0. The van der Waals surface area contributed by atoms with Crippen LogP contribution in [0.4, 0.5) is 0 Å². The van der Waals surface area contributed by atoms with E-state index in [0.29, 0.717) is 51.4 Å². The molecule has 3 saturated heterocycles. The fourth-order valence-corrected chi connectivity index (χ4v) is 7.00. The van der Waals surface area contributed by atoms with Crippen molar-refractivity contribution in [3.05, 3.63) is 38.0 Å². The summed E-state index contributed by atoms with van der Waals surface area (Å²) in [6, 6.07) is 0. The van der Waals surface area contributed by atoms with E-state index >= 15 is 0 Å². The normalized spacial score (nSPS) is 30.4. The van der Waals surface area contributed by atoms with Crippen molar-refractivity contribution >= 4 is 53.7 Å². The molecule has 3 aliphatic carbocycles. The number of hydrogen-bond donors (Lipinski definition) is 0. The van der Waals surface area contributed by atoms with E-state index in [1.165, 1.54) is 0 Å². The van der Waals surface area contributed by atoms with E-state index in [9.17, 15) is 43.2 Å². The smallest absolute Gasteiger partial charge is 0.344 e. The van der Waals surface area contributed by atoms with Crippen LogP contribution in [0.3, 0.4) is 0 Å². The zero-order valence-corrected chi connectivity index (χ0v) is 30.3. The lowest BCUT2D eigenvalue weighted by atomic mass is 9.81. The van der Waals surface area contributed by atoms with Crippen molar-refractivity contribution in [2.24, 2.45) is 23.7 Å². The zero-order valence-electron chi connectivity index (χ0n) is 30.3. The molecule has 0 aromatic heterocycles. The summed E-state index contributed by atoms with van der Waals surface area (Å²) in [6.45, 7) is 10.2. The Hall–Kier alpha value is -5.55. The van der Waals surface area contributed by atoms with Gasteiger partial charge in [-0.15, -0.1) is 0 Å². The van der Waals surface area contributed by atoms with Crippen LogP contribution in [-0.2, 0) is 85.8 Å². The monoisotopic (exact) mass is 776 g/mol. The molecule has 300 valence electrons. The van der Waals surface area contributed by atoms with Crippen LogP contribution in [0.5, 0.6) is 0 Å². The zero-order chi connectivity index (χ0) is 40.2. The predicted molar refractivity (Wildman–Crippen MR) is 179 cm³/mol. The van der Waals surface area contributed by atoms with Crippen LogP contribution >= 0.6 is 0 Å². The lowest BCUT2D eigenvalue weighted by Gasteiger charge is -2.31. The minimum absolute atomic E-state index is 0.0502. The predicted octanol–water partition coefficient (Wildman–Crippen LogP) is 1.30. The van der Waals surface area contributed by atoms with E-state index in [1.54, 1.807) is 0 Å². The van der Waals surface area contributed by atoms with E-state index in [4.69, 9.17) is 28.4 Å². The Balaban J connectivity index is 0.000000184. The molecule has 0 spiro atoms. The van der Waals surface area contributed by atoms with Crippen molar-refractivity contribution in [1.29, 1.82) is 0 Å². The topological polar surface area (TPSA) is 237 Å². The fourth-order valence-electron chi connectivity index (χ4n) is 7.00. The Morgan fingerprint density at radius 1 is 0.545 bits per heavy atom. The first-order chi connectivity index (χ1) is 26.2. The minimum Gasteiger partial charge on any atom is -0.458 e. The highest BCUT2D eigenvalue weighted by molar-refractivity contribution is 5.85. The van der Waals surface area contributed by atoms with E-state index in [-0.39, 0.29) is 59.9 Å².